The lowest BCUT2D eigenvalue weighted by Gasteiger charge is -2.01. The predicted octanol–water partition coefficient (Wildman–Crippen LogP) is 0.435. The van der Waals surface area contributed by atoms with Gasteiger partial charge in [-0.3, -0.25) is 9.48 Å². The minimum absolute atomic E-state index is 0.0689. The van der Waals surface area contributed by atoms with Gasteiger partial charge in [-0.15, -0.1) is 0 Å². The largest absolute Gasteiger partial charge is 0.351 e. The summed E-state index contributed by atoms with van der Waals surface area (Å²) in [5, 5.41) is 10.5. The Labute approximate surface area is 95.2 Å². The van der Waals surface area contributed by atoms with Gasteiger partial charge in [-0.2, -0.15) is 5.10 Å². The predicted molar refractivity (Wildman–Crippen MR) is 61.3 cm³/mol. The summed E-state index contributed by atoms with van der Waals surface area (Å²) in [7, 11) is 0. The first-order valence-corrected chi connectivity index (χ1v) is 5.79. The molecule has 16 heavy (non-hydrogen) atoms. The number of hydrogen-bond donors (Lipinski definition) is 2. The fraction of sp³-hybridized carbons (Fsp3) is 0.636. The second kappa shape index (κ2) is 4.65. The van der Waals surface area contributed by atoms with Crippen molar-refractivity contribution in [2.45, 2.75) is 33.4 Å². The van der Waals surface area contributed by atoms with Gasteiger partial charge in [-0.1, -0.05) is 0 Å². The Morgan fingerprint density at radius 1 is 1.62 bits per heavy atom. The molecule has 1 aromatic rings. The number of aromatic nitrogens is 2. The minimum Gasteiger partial charge on any atom is -0.351 e. The number of rotatable bonds is 2. The molecule has 0 fully saturated rings. The van der Waals surface area contributed by atoms with Crippen molar-refractivity contribution in [1.29, 1.82) is 0 Å². The number of aryl methyl sites for hydroxylation is 1. The molecule has 0 bridgehead atoms. The molecule has 2 heterocycles. The second-order valence-corrected chi connectivity index (χ2v) is 4.03. The Hall–Kier alpha value is -1.36. The van der Waals surface area contributed by atoms with Crippen LogP contribution in [0.15, 0.2) is 0 Å². The van der Waals surface area contributed by atoms with Crippen molar-refractivity contribution in [3.05, 3.63) is 17.0 Å². The van der Waals surface area contributed by atoms with Crippen LogP contribution in [0.4, 0.5) is 0 Å². The number of carbonyl (C=O) groups is 1. The summed E-state index contributed by atoms with van der Waals surface area (Å²) in [6, 6.07) is 0. The summed E-state index contributed by atoms with van der Waals surface area (Å²) in [4.78, 5) is 11.8. The van der Waals surface area contributed by atoms with Gasteiger partial charge in [0.05, 0.1) is 5.69 Å². The van der Waals surface area contributed by atoms with Crippen LogP contribution in [0.2, 0.25) is 0 Å². The highest BCUT2D eigenvalue weighted by Crippen LogP contribution is 2.15. The Balaban J connectivity index is 2.31. The van der Waals surface area contributed by atoms with Gasteiger partial charge in [0.15, 0.2) is 5.69 Å². The monoisotopic (exact) mass is 222 g/mol. The highest BCUT2D eigenvalue weighted by Gasteiger charge is 2.20. The molecule has 0 radical (unpaired) electrons. The van der Waals surface area contributed by atoms with Crippen LogP contribution >= 0.6 is 0 Å². The van der Waals surface area contributed by atoms with E-state index in [1.165, 1.54) is 0 Å². The molecule has 1 amide bonds. The highest BCUT2D eigenvalue weighted by atomic mass is 16.1. The molecule has 0 saturated carbocycles. The zero-order chi connectivity index (χ0) is 11.5. The lowest BCUT2D eigenvalue weighted by molar-refractivity contribution is 0.0949. The highest BCUT2D eigenvalue weighted by molar-refractivity contribution is 5.93. The third kappa shape index (κ3) is 1.95. The van der Waals surface area contributed by atoms with Crippen LogP contribution in [0.3, 0.4) is 0 Å². The molecule has 2 N–H and O–H groups in total. The first kappa shape index (κ1) is 11.1. The third-order valence-electron chi connectivity index (χ3n) is 2.89. The van der Waals surface area contributed by atoms with Crippen LogP contribution in [0, 0.1) is 6.92 Å². The zero-order valence-electron chi connectivity index (χ0n) is 9.84. The Morgan fingerprint density at radius 2 is 2.44 bits per heavy atom. The van der Waals surface area contributed by atoms with E-state index in [-0.39, 0.29) is 5.91 Å². The summed E-state index contributed by atoms with van der Waals surface area (Å²) in [6.07, 6.45) is 1.06. The van der Waals surface area contributed by atoms with Crippen LogP contribution in [0.5, 0.6) is 0 Å². The smallest absolute Gasteiger partial charge is 0.272 e. The maximum Gasteiger partial charge on any atom is 0.272 e. The molecule has 0 spiro atoms. The molecule has 2 rings (SSSR count). The van der Waals surface area contributed by atoms with Gasteiger partial charge < -0.3 is 10.6 Å². The van der Waals surface area contributed by atoms with E-state index in [2.05, 4.69) is 15.7 Å². The van der Waals surface area contributed by atoms with Crippen LogP contribution in [-0.2, 0) is 13.1 Å². The molecule has 88 valence electrons. The number of nitrogens with one attached hydrogen (secondary N) is 2. The van der Waals surface area contributed by atoms with Crippen molar-refractivity contribution < 1.29 is 4.79 Å². The number of carbonyl (C=O) groups excluding carboxylic acids is 1. The molecule has 0 unspecified atom stereocenters. The van der Waals surface area contributed by atoms with Gasteiger partial charge in [-0.25, -0.2) is 0 Å². The van der Waals surface area contributed by atoms with Crippen LogP contribution < -0.4 is 10.6 Å². The number of hydrogen-bond acceptors (Lipinski definition) is 3. The topological polar surface area (TPSA) is 59.0 Å². The molecule has 0 saturated heterocycles. The van der Waals surface area contributed by atoms with Crippen molar-refractivity contribution in [2.24, 2.45) is 0 Å². The summed E-state index contributed by atoms with van der Waals surface area (Å²) < 4.78 is 1.96. The average molecular weight is 222 g/mol. The third-order valence-corrected chi connectivity index (χ3v) is 2.89. The lowest BCUT2D eigenvalue weighted by atomic mass is 10.2. The fourth-order valence-corrected chi connectivity index (χ4v) is 2.02. The quantitative estimate of drug-likeness (QED) is 0.763. The molecule has 5 nitrogen and oxygen atoms in total. The molecule has 0 aliphatic carbocycles. The van der Waals surface area contributed by atoms with E-state index in [9.17, 15) is 4.79 Å². The van der Waals surface area contributed by atoms with E-state index in [0.29, 0.717) is 12.2 Å². The molecule has 1 aromatic heterocycles. The molecule has 0 aromatic carbocycles. The van der Waals surface area contributed by atoms with Crippen molar-refractivity contribution >= 4 is 5.91 Å². The number of fused-ring (bicyclic) bond motifs is 1. The number of nitrogens with zero attached hydrogens (tertiary/aromatic N) is 2. The second-order valence-electron chi connectivity index (χ2n) is 4.03. The van der Waals surface area contributed by atoms with Crippen LogP contribution in [0.1, 0.15) is 35.1 Å². The normalized spacial score (nSPS) is 15.4. The van der Waals surface area contributed by atoms with E-state index < -0.39 is 0 Å². The van der Waals surface area contributed by atoms with Crippen molar-refractivity contribution in [3.8, 4) is 0 Å². The lowest BCUT2D eigenvalue weighted by Crippen LogP contribution is -2.24. The maximum absolute atomic E-state index is 11.8. The zero-order valence-corrected chi connectivity index (χ0v) is 9.84. The maximum atomic E-state index is 11.8. The molecule has 1 aliphatic rings. The molecule has 5 heteroatoms. The van der Waals surface area contributed by atoms with E-state index in [1.807, 2.05) is 18.5 Å². The minimum atomic E-state index is -0.0689. The number of amides is 1. The van der Waals surface area contributed by atoms with Crippen LogP contribution in [-0.4, -0.2) is 28.8 Å². The van der Waals surface area contributed by atoms with Gasteiger partial charge in [-0.05, 0) is 26.8 Å². The van der Waals surface area contributed by atoms with Crippen LogP contribution in [0.25, 0.3) is 0 Å². The van der Waals surface area contributed by atoms with Crippen molar-refractivity contribution in [3.63, 3.8) is 0 Å². The Morgan fingerprint density at radius 3 is 3.19 bits per heavy atom. The summed E-state index contributed by atoms with van der Waals surface area (Å²) in [5.74, 6) is -0.0689. The summed E-state index contributed by atoms with van der Waals surface area (Å²) in [6.45, 7) is 7.23. The SMILES string of the molecule is CCNC(=O)c1nn2c(c1C)CNCCC2. The standard InChI is InChI=1S/C11H18N4O/c1-3-13-11(16)10-8(2)9-7-12-5-4-6-15(9)14-10/h12H,3-7H2,1-2H3,(H,13,16). The Kier molecular flexibility index (Phi) is 3.24. The van der Waals surface area contributed by atoms with Crippen molar-refractivity contribution in [1.82, 2.24) is 20.4 Å². The van der Waals surface area contributed by atoms with Gasteiger partial charge in [0.1, 0.15) is 0 Å². The first-order valence-electron chi connectivity index (χ1n) is 5.79. The summed E-state index contributed by atoms with van der Waals surface area (Å²) >= 11 is 0. The first-order chi connectivity index (χ1) is 7.74. The Bertz CT molecular complexity index is 397. The molecular formula is C11H18N4O. The molecule has 0 atom stereocenters. The summed E-state index contributed by atoms with van der Waals surface area (Å²) in [5.41, 5.74) is 2.71. The molecular weight excluding hydrogens is 204 g/mol. The van der Waals surface area contributed by atoms with Gasteiger partial charge in [0, 0.05) is 25.2 Å². The van der Waals surface area contributed by atoms with E-state index >= 15 is 0 Å². The average Bonchev–Trinajstić information content (AvgIpc) is 2.47. The van der Waals surface area contributed by atoms with Crippen molar-refractivity contribution in [2.75, 3.05) is 13.1 Å². The van der Waals surface area contributed by atoms with E-state index in [1.54, 1.807) is 0 Å². The van der Waals surface area contributed by atoms with Gasteiger partial charge in [0.2, 0.25) is 0 Å². The van der Waals surface area contributed by atoms with Gasteiger partial charge >= 0.3 is 0 Å². The van der Waals surface area contributed by atoms with E-state index in [4.69, 9.17) is 0 Å². The fourth-order valence-electron chi connectivity index (χ4n) is 2.02. The van der Waals surface area contributed by atoms with E-state index in [0.717, 1.165) is 37.3 Å². The molecule has 1 aliphatic heterocycles. The van der Waals surface area contributed by atoms with Gasteiger partial charge in [0.25, 0.3) is 5.91 Å².